The van der Waals surface area contributed by atoms with Crippen molar-refractivity contribution < 1.29 is 9.59 Å². The number of hydrogen-bond acceptors (Lipinski definition) is 2. The summed E-state index contributed by atoms with van der Waals surface area (Å²) in [6.07, 6.45) is 2.78. The summed E-state index contributed by atoms with van der Waals surface area (Å²) >= 11 is 3.35. The molecule has 1 fully saturated rings. The van der Waals surface area contributed by atoms with Crippen LogP contribution >= 0.6 is 15.9 Å². The van der Waals surface area contributed by atoms with Gasteiger partial charge in [0.15, 0.2) is 0 Å². The van der Waals surface area contributed by atoms with Gasteiger partial charge in [-0.05, 0) is 49.4 Å². The maximum Gasteiger partial charge on any atom is 0.251 e. The summed E-state index contributed by atoms with van der Waals surface area (Å²) in [5.41, 5.74) is 0.575. The molecule has 1 atom stereocenters. The number of nitrogens with zero attached hydrogens (tertiary/aromatic N) is 1. The molecular formula is C17H23BrN2O2. The van der Waals surface area contributed by atoms with Gasteiger partial charge in [-0.3, -0.25) is 9.59 Å². The standard InChI is InChI=1S/C17H23BrN2O2/c1-12(2)11-15(17(22)20-9-3-4-10-20)19-16(21)13-5-7-14(18)8-6-13/h5-8,12,15H,3-4,9-11H2,1-2H3,(H,19,21)/t15-/m1/s1. The quantitative estimate of drug-likeness (QED) is 0.869. The third-order valence-electron chi connectivity index (χ3n) is 3.83. The van der Waals surface area contributed by atoms with E-state index in [1.54, 1.807) is 12.1 Å². The molecule has 5 heteroatoms. The van der Waals surface area contributed by atoms with Crippen LogP contribution in [0.1, 0.15) is 43.5 Å². The van der Waals surface area contributed by atoms with E-state index >= 15 is 0 Å². The molecule has 0 bridgehead atoms. The number of carbonyl (C=O) groups is 2. The Bertz CT molecular complexity index is 522. The van der Waals surface area contributed by atoms with E-state index in [0.29, 0.717) is 17.9 Å². The molecule has 4 nitrogen and oxygen atoms in total. The first-order chi connectivity index (χ1) is 10.5. The van der Waals surface area contributed by atoms with Crippen molar-refractivity contribution in [1.82, 2.24) is 10.2 Å². The Balaban J connectivity index is 2.06. The van der Waals surface area contributed by atoms with Gasteiger partial charge in [0.1, 0.15) is 6.04 Å². The first-order valence-corrected chi connectivity index (χ1v) is 8.62. The van der Waals surface area contributed by atoms with E-state index in [1.807, 2.05) is 17.0 Å². The smallest absolute Gasteiger partial charge is 0.251 e. The SMILES string of the molecule is CC(C)C[C@@H](NC(=O)c1ccc(Br)cc1)C(=O)N1CCCC1. The molecule has 0 unspecified atom stereocenters. The molecule has 2 rings (SSSR count). The zero-order valence-corrected chi connectivity index (χ0v) is 14.7. The molecule has 1 aromatic rings. The Hall–Kier alpha value is -1.36. The topological polar surface area (TPSA) is 49.4 Å². The molecule has 0 aromatic heterocycles. The van der Waals surface area contributed by atoms with Crippen molar-refractivity contribution in [3.05, 3.63) is 34.3 Å². The minimum Gasteiger partial charge on any atom is -0.341 e. The maximum atomic E-state index is 12.6. The van der Waals surface area contributed by atoms with Gasteiger partial charge < -0.3 is 10.2 Å². The molecular weight excluding hydrogens is 344 g/mol. The number of benzene rings is 1. The van der Waals surface area contributed by atoms with Crippen molar-refractivity contribution >= 4 is 27.7 Å². The molecule has 0 aliphatic carbocycles. The number of halogens is 1. The van der Waals surface area contributed by atoms with Gasteiger partial charge in [-0.1, -0.05) is 29.8 Å². The van der Waals surface area contributed by atoms with Gasteiger partial charge in [0.25, 0.3) is 5.91 Å². The molecule has 22 heavy (non-hydrogen) atoms. The zero-order valence-electron chi connectivity index (χ0n) is 13.1. The van der Waals surface area contributed by atoms with Gasteiger partial charge in [0, 0.05) is 23.1 Å². The van der Waals surface area contributed by atoms with Crippen LogP contribution in [0.15, 0.2) is 28.7 Å². The van der Waals surface area contributed by atoms with Crippen molar-refractivity contribution in [1.29, 1.82) is 0 Å². The van der Waals surface area contributed by atoms with Crippen molar-refractivity contribution in [2.24, 2.45) is 5.92 Å². The average Bonchev–Trinajstić information content (AvgIpc) is 3.00. The van der Waals surface area contributed by atoms with Crippen LogP contribution in [0.3, 0.4) is 0 Å². The van der Waals surface area contributed by atoms with Crippen molar-refractivity contribution in [2.75, 3.05) is 13.1 Å². The third-order valence-corrected chi connectivity index (χ3v) is 4.36. The van der Waals surface area contributed by atoms with Crippen LogP contribution in [0.4, 0.5) is 0 Å². The van der Waals surface area contributed by atoms with Crippen molar-refractivity contribution in [3.8, 4) is 0 Å². The summed E-state index contributed by atoms with van der Waals surface area (Å²) in [5, 5.41) is 2.92. The second-order valence-electron chi connectivity index (χ2n) is 6.19. The van der Waals surface area contributed by atoms with E-state index in [4.69, 9.17) is 0 Å². The molecule has 1 heterocycles. The number of hydrogen-bond donors (Lipinski definition) is 1. The number of nitrogens with one attached hydrogen (secondary N) is 1. The fourth-order valence-electron chi connectivity index (χ4n) is 2.69. The number of likely N-dealkylation sites (tertiary alicyclic amines) is 1. The highest BCUT2D eigenvalue weighted by molar-refractivity contribution is 9.10. The predicted octanol–water partition coefficient (Wildman–Crippen LogP) is 3.22. The van der Waals surface area contributed by atoms with Crippen LogP contribution in [0.2, 0.25) is 0 Å². The summed E-state index contributed by atoms with van der Waals surface area (Å²) < 4.78 is 0.927. The highest BCUT2D eigenvalue weighted by Crippen LogP contribution is 2.15. The van der Waals surface area contributed by atoms with Crippen molar-refractivity contribution in [3.63, 3.8) is 0 Å². The lowest BCUT2D eigenvalue weighted by molar-refractivity contribution is -0.132. The molecule has 0 spiro atoms. The number of amides is 2. The lowest BCUT2D eigenvalue weighted by Crippen LogP contribution is -2.48. The highest BCUT2D eigenvalue weighted by Gasteiger charge is 2.28. The summed E-state index contributed by atoms with van der Waals surface area (Å²) in [7, 11) is 0. The molecule has 2 amide bonds. The van der Waals surface area contributed by atoms with Crippen LogP contribution < -0.4 is 5.32 Å². The predicted molar refractivity (Wildman–Crippen MR) is 90.7 cm³/mol. The fraction of sp³-hybridized carbons (Fsp3) is 0.529. The fourth-order valence-corrected chi connectivity index (χ4v) is 2.96. The maximum absolute atomic E-state index is 12.6. The Kier molecular flexibility index (Phi) is 6.00. The van der Waals surface area contributed by atoms with E-state index in [1.165, 1.54) is 0 Å². The normalized spacial score (nSPS) is 15.9. The van der Waals surface area contributed by atoms with Crippen LogP contribution in [0.5, 0.6) is 0 Å². The monoisotopic (exact) mass is 366 g/mol. The van der Waals surface area contributed by atoms with Gasteiger partial charge in [0.2, 0.25) is 5.91 Å². The van der Waals surface area contributed by atoms with Crippen LogP contribution in [-0.2, 0) is 4.79 Å². The van der Waals surface area contributed by atoms with Crippen LogP contribution in [0, 0.1) is 5.92 Å². The molecule has 0 saturated carbocycles. The number of carbonyl (C=O) groups excluding carboxylic acids is 2. The van der Waals surface area contributed by atoms with Crippen molar-refractivity contribution in [2.45, 2.75) is 39.2 Å². The summed E-state index contributed by atoms with van der Waals surface area (Å²) in [6, 6.07) is 6.73. The Morgan fingerprint density at radius 2 is 1.77 bits per heavy atom. The van der Waals surface area contributed by atoms with Gasteiger partial charge in [-0.15, -0.1) is 0 Å². The summed E-state index contributed by atoms with van der Waals surface area (Å²) in [6.45, 7) is 5.75. The van der Waals surface area contributed by atoms with E-state index in [0.717, 1.165) is 30.4 Å². The minimum absolute atomic E-state index is 0.0525. The first kappa shape index (κ1) is 17.0. The Labute approximate surface area is 140 Å². The second kappa shape index (κ2) is 7.77. The van der Waals surface area contributed by atoms with E-state index in [9.17, 15) is 9.59 Å². The van der Waals surface area contributed by atoms with E-state index in [-0.39, 0.29) is 11.8 Å². The van der Waals surface area contributed by atoms with E-state index < -0.39 is 6.04 Å². The summed E-state index contributed by atoms with van der Waals surface area (Å²) in [4.78, 5) is 26.8. The molecule has 1 N–H and O–H groups in total. The molecule has 1 aromatic carbocycles. The molecule has 1 aliphatic rings. The lowest BCUT2D eigenvalue weighted by Gasteiger charge is -2.25. The number of rotatable bonds is 5. The molecule has 120 valence electrons. The second-order valence-corrected chi connectivity index (χ2v) is 7.11. The largest absolute Gasteiger partial charge is 0.341 e. The van der Waals surface area contributed by atoms with E-state index in [2.05, 4.69) is 35.1 Å². The van der Waals surface area contributed by atoms with Gasteiger partial charge in [-0.25, -0.2) is 0 Å². The Morgan fingerprint density at radius 3 is 2.32 bits per heavy atom. The first-order valence-electron chi connectivity index (χ1n) is 7.82. The van der Waals surface area contributed by atoms with Gasteiger partial charge in [-0.2, -0.15) is 0 Å². The van der Waals surface area contributed by atoms with Crippen LogP contribution in [0.25, 0.3) is 0 Å². The molecule has 1 saturated heterocycles. The summed E-state index contributed by atoms with van der Waals surface area (Å²) in [5.74, 6) is 0.212. The third kappa shape index (κ3) is 4.57. The van der Waals surface area contributed by atoms with Gasteiger partial charge in [0.05, 0.1) is 0 Å². The zero-order chi connectivity index (χ0) is 16.1. The van der Waals surface area contributed by atoms with Crippen LogP contribution in [-0.4, -0.2) is 35.8 Å². The lowest BCUT2D eigenvalue weighted by atomic mass is 10.0. The van der Waals surface area contributed by atoms with Gasteiger partial charge >= 0.3 is 0 Å². The molecule has 1 aliphatic heterocycles. The minimum atomic E-state index is -0.436. The molecule has 0 radical (unpaired) electrons. The average molecular weight is 367 g/mol. The highest BCUT2D eigenvalue weighted by atomic mass is 79.9. The Morgan fingerprint density at radius 1 is 1.18 bits per heavy atom.